The smallest absolute Gasteiger partial charge is 0.412 e. The van der Waals surface area contributed by atoms with Gasteiger partial charge in [-0.05, 0) is 48.2 Å². The highest BCUT2D eigenvalue weighted by molar-refractivity contribution is 7.90. The van der Waals surface area contributed by atoms with Gasteiger partial charge in [0.05, 0.1) is 4.90 Å². The summed E-state index contributed by atoms with van der Waals surface area (Å²) < 4.78 is 29.5. The minimum absolute atomic E-state index is 0.232. The number of hydrogen-bond acceptors (Lipinski definition) is 6. The molecule has 0 aliphatic carbocycles. The van der Waals surface area contributed by atoms with Crippen molar-refractivity contribution in [2.24, 2.45) is 0 Å². The number of carboxylic acid groups (broad SMARTS) is 1. The maximum Gasteiger partial charge on any atom is 0.412 e. The van der Waals surface area contributed by atoms with Crippen LogP contribution in [0.5, 0.6) is 0 Å². The Bertz CT molecular complexity index is 1480. The molecular formula is C27H27N3O5S. The molecule has 3 aromatic carbocycles. The van der Waals surface area contributed by atoms with Gasteiger partial charge in [-0.2, -0.15) is 4.98 Å². The highest BCUT2D eigenvalue weighted by Gasteiger charge is 2.25. The summed E-state index contributed by atoms with van der Waals surface area (Å²) in [5.74, 6) is 0.962. The Labute approximate surface area is 210 Å². The Balaban J connectivity index is 1.62. The summed E-state index contributed by atoms with van der Waals surface area (Å²) in [5.41, 5.74) is 3.54. The standard InChI is InChI=1S/C27H27N3O5S/c1-4-22(17-19-8-7-9-21(16-19)26-28-18(2)35-29-26)30(27(31)32)23-14-12-20(13-15-23)24-10-5-6-11-25(24)36(3,33)34/h5-16,22H,4,17H2,1-3H3,(H,31,32). The maximum atomic E-state index is 12.3. The van der Waals surface area contributed by atoms with Crippen molar-refractivity contribution in [3.05, 3.63) is 84.3 Å². The van der Waals surface area contributed by atoms with E-state index in [4.69, 9.17) is 4.52 Å². The van der Waals surface area contributed by atoms with Crippen LogP contribution in [-0.2, 0) is 16.3 Å². The summed E-state index contributed by atoms with van der Waals surface area (Å²) in [5, 5.41) is 14.1. The van der Waals surface area contributed by atoms with Gasteiger partial charge in [-0.25, -0.2) is 13.2 Å². The lowest BCUT2D eigenvalue weighted by Gasteiger charge is -2.29. The molecule has 8 nitrogen and oxygen atoms in total. The molecule has 0 aliphatic rings. The molecule has 0 bridgehead atoms. The summed E-state index contributed by atoms with van der Waals surface area (Å²) in [6.45, 7) is 3.67. The monoisotopic (exact) mass is 505 g/mol. The van der Waals surface area contributed by atoms with Gasteiger partial charge in [-0.3, -0.25) is 4.90 Å². The minimum atomic E-state index is -3.42. The van der Waals surface area contributed by atoms with Crippen LogP contribution in [0.1, 0.15) is 24.8 Å². The second kappa shape index (κ2) is 10.3. The number of carbonyl (C=O) groups is 1. The maximum absolute atomic E-state index is 12.3. The number of rotatable bonds is 8. The second-order valence-corrected chi connectivity index (χ2v) is 10.6. The van der Waals surface area contributed by atoms with E-state index in [2.05, 4.69) is 10.1 Å². The lowest BCUT2D eigenvalue weighted by atomic mass is 9.99. The lowest BCUT2D eigenvalue weighted by Crippen LogP contribution is -2.40. The quantitative estimate of drug-likeness (QED) is 0.330. The van der Waals surface area contributed by atoms with Crippen molar-refractivity contribution in [2.75, 3.05) is 11.2 Å². The summed E-state index contributed by atoms with van der Waals surface area (Å²) in [7, 11) is -3.42. The Kier molecular flexibility index (Phi) is 7.21. The van der Waals surface area contributed by atoms with Crippen molar-refractivity contribution in [1.29, 1.82) is 0 Å². The minimum Gasteiger partial charge on any atom is -0.465 e. The van der Waals surface area contributed by atoms with Gasteiger partial charge in [0.2, 0.25) is 11.7 Å². The van der Waals surface area contributed by atoms with Crippen LogP contribution in [0.15, 0.2) is 82.2 Å². The zero-order chi connectivity index (χ0) is 25.9. The van der Waals surface area contributed by atoms with Crippen LogP contribution >= 0.6 is 0 Å². The molecule has 1 amide bonds. The zero-order valence-electron chi connectivity index (χ0n) is 20.2. The molecule has 0 fully saturated rings. The van der Waals surface area contributed by atoms with E-state index in [-0.39, 0.29) is 10.9 Å². The molecule has 1 N–H and O–H groups in total. The van der Waals surface area contributed by atoms with Gasteiger partial charge in [0.25, 0.3) is 0 Å². The average molecular weight is 506 g/mol. The first kappa shape index (κ1) is 25.1. The molecule has 0 aliphatic heterocycles. The molecule has 0 spiro atoms. The first-order valence-electron chi connectivity index (χ1n) is 11.5. The lowest BCUT2D eigenvalue weighted by molar-refractivity contribution is 0.198. The van der Waals surface area contributed by atoms with Crippen LogP contribution < -0.4 is 4.90 Å². The SMILES string of the molecule is CCC(Cc1cccc(-c2noc(C)n2)c1)N(C(=O)O)c1ccc(-c2ccccc2S(C)(=O)=O)cc1. The molecule has 36 heavy (non-hydrogen) atoms. The number of hydrogen-bond donors (Lipinski definition) is 1. The number of benzene rings is 3. The van der Waals surface area contributed by atoms with E-state index in [1.54, 1.807) is 55.5 Å². The van der Waals surface area contributed by atoms with Gasteiger partial charge in [0, 0.05) is 36.0 Å². The predicted octanol–water partition coefficient (Wildman–Crippen LogP) is 5.62. The van der Waals surface area contributed by atoms with Crippen molar-refractivity contribution in [1.82, 2.24) is 10.1 Å². The van der Waals surface area contributed by atoms with Crippen LogP contribution in [0.25, 0.3) is 22.5 Å². The first-order valence-corrected chi connectivity index (χ1v) is 13.4. The number of amides is 1. The fourth-order valence-electron chi connectivity index (χ4n) is 4.25. The molecule has 1 atom stereocenters. The van der Waals surface area contributed by atoms with E-state index in [1.807, 2.05) is 31.2 Å². The molecule has 4 aromatic rings. The molecule has 1 aromatic heterocycles. The fraction of sp³-hybridized carbons (Fsp3) is 0.222. The third kappa shape index (κ3) is 5.46. The highest BCUT2D eigenvalue weighted by atomic mass is 32.2. The Morgan fingerprint density at radius 1 is 1.03 bits per heavy atom. The van der Waals surface area contributed by atoms with E-state index in [1.165, 1.54) is 11.2 Å². The number of sulfone groups is 1. The predicted molar refractivity (Wildman–Crippen MR) is 138 cm³/mol. The van der Waals surface area contributed by atoms with Crippen LogP contribution in [0.2, 0.25) is 0 Å². The Morgan fingerprint density at radius 3 is 2.36 bits per heavy atom. The third-order valence-corrected chi connectivity index (χ3v) is 7.12. The van der Waals surface area contributed by atoms with Crippen LogP contribution in [-0.4, -0.2) is 42.1 Å². The Hall–Kier alpha value is -3.98. The normalized spacial score (nSPS) is 12.3. The van der Waals surface area contributed by atoms with Crippen molar-refractivity contribution >= 4 is 21.6 Å². The summed E-state index contributed by atoms with van der Waals surface area (Å²) in [4.78, 5) is 18.2. The first-order chi connectivity index (χ1) is 17.2. The largest absolute Gasteiger partial charge is 0.465 e. The van der Waals surface area contributed by atoms with Crippen molar-refractivity contribution in [3.8, 4) is 22.5 Å². The van der Waals surface area contributed by atoms with E-state index in [0.29, 0.717) is 41.4 Å². The van der Waals surface area contributed by atoms with Crippen LogP contribution in [0.4, 0.5) is 10.5 Å². The Morgan fingerprint density at radius 2 is 1.75 bits per heavy atom. The average Bonchev–Trinajstić information content (AvgIpc) is 3.30. The molecule has 0 radical (unpaired) electrons. The highest BCUT2D eigenvalue weighted by Crippen LogP contribution is 2.30. The third-order valence-electron chi connectivity index (χ3n) is 5.97. The second-order valence-electron chi connectivity index (χ2n) is 8.57. The van der Waals surface area contributed by atoms with E-state index >= 15 is 0 Å². The zero-order valence-corrected chi connectivity index (χ0v) is 21.1. The van der Waals surface area contributed by atoms with Crippen molar-refractivity contribution in [2.45, 2.75) is 37.6 Å². The molecule has 1 heterocycles. The molecular weight excluding hydrogens is 478 g/mol. The number of aryl methyl sites for hydroxylation is 1. The van der Waals surface area contributed by atoms with Crippen molar-refractivity contribution in [3.63, 3.8) is 0 Å². The molecule has 1 unspecified atom stereocenters. The molecule has 0 saturated carbocycles. The number of nitrogens with zero attached hydrogens (tertiary/aromatic N) is 3. The van der Waals surface area contributed by atoms with E-state index in [0.717, 1.165) is 11.1 Å². The molecule has 4 rings (SSSR count). The van der Waals surface area contributed by atoms with Crippen molar-refractivity contribution < 1.29 is 22.8 Å². The van der Waals surface area contributed by atoms with Gasteiger partial charge in [-0.1, -0.05) is 60.6 Å². The van der Waals surface area contributed by atoms with Gasteiger partial charge in [0.1, 0.15) is 0 Å². The van der Waals surface area contributed by atoms with Gasteiger partial charge < -0.3 is 9.63 Å². The van der Waals surface area contributed by atoms with Gasteiger partial charge in [-0.15, -0.1) is 0 Å². The summed E-state index contributed by atoms with van der Waals surface area (Å²) in [6, 6.07) is 21.0. The van der Waals surface area contributed by atoms with Gasteiger partial charge in [0.15, 0.2) is 9.84 Å². The van der Waals surface area contributed by atoms with E-state index in [9.17, 15) is 18.3 Å². The summed E-state index contributed by atoms with van der Waals surface area (Å²) in [6.07, 6.45) is 1.20. The fourth-order valence-corrected chi connectivity index (χ4v) is 5.16. The topological polar surface area (TPSA) is 114 Å². The molecule has 186 valence electrons. The summed E-state index contributed by atoms with van der Waals surface area (Å²) >= 11 is 0. The van der Waals surface area contributed by atoms with Crippen LogP contribution in [0, 0.1) is 6.92 Å². The molecule has 9 heteroatoms. The van der Waals surface area contributed by atoms with Crippen LogP contribution in [0.3, 0.4) is 0 Å². The number of aromatic nitrogens is 2. The molecule has 0 saturated heterocycles. The number of anilines is 1. The van der Waals surface area contributed by atoms with E-state index < -0.39 is 15.9 Å². The van der Waals surface area contributed by atoms with Gasteiger partial charge >= 0.3 is 6.09 Å².